The van der Waals surface area contributed by atoms with E-state index in [9.17, 15) is 0 Å². The van der Waals surface area contributed by atoms with Crippen LogP contribution in [0.25, 0.3) is 0 Å². The molecule has 0 amide bonds. The fourth-order valence-electron chi connectivity index (χ4n) is 2.03. The van der Waals surface area contributed by atoms with Crippen LogP contribution >= 0.6 is 38.9 Å². The lowest BCUT2D eigenvalue weighted by Crippen LogP contribution is -2.30. The predicted molar refractivity (Wildman–Crippen MR) is 91.6 cm³/mol. The average Bonchev–Trinajstić information content (AvgIpc) is 2.90. The van der Waals surface area contributed by atoms with Gasteiger partial charge in [-0.3, -0.25) is 0 Å². The van der Waals surface area contributed by atoms with Crippen LogP contribution in [-0.2, 0) is 6.54 Å². The van der Waals surface area contributed by atoms with Crippen molar-refractivity contribution in [3.8, 4) is 0 Å². The SMILES string of the molecule is CN(C)C(CNCc1ccc(Cl)cc1Br)c1cccs1. The molecule has 2 nitrogen and oxygen atoms in total. The van der Waals surface area contributed by atoms with Crippen molar-refractivity contribution in [1.82, 2.24) is 10.2 Å². The molecule has 0 saturated carbocycles. The number of thiophene rings is 1. The summed E-state index contributed by atoms with van der Waals surface area (Å²) in [7, 11) is 4.23. The highest BCUT2D eigenvalue weighted by atomic mass is 79.9. The van der Waals surface area contributed by atoms with Crippen LogP contribution in [-0.4, -0.2) is 25.5 Å². The number of hydrogen-bond donors (Lipinski definition) is 1. The minimum atomic E-state index is 0.404. The molecule has 0 aliphatic heterocycles. The van der Waals surface area contributed by atoms with E-state index in [0.717, 1.165) is 22.6 Å². The molecule has 1 aromatic heterocycles. The van der Waals surface area contributed by atoms with Crippen molar-refractivity contribution < 1.29 is 0 Å². The maximum atomic E-state index is 5.95. The van der Waals surface area contributed by atoms with Crippen molar-refractivity contribution in [3.05, 3.63) is 55.6 Å². The third kappa shape index (κ3) is 4.30. The van der Waals surface area contributed by atoms with Crippen LogP contribution in [0, 0.1) is 0 Å². The molecule has 1 atom stereocenters. The average molecular weight is 374 g/mol. The molecule has 0 radical (unpaired) electrons. The van der Waals surface area contributed by atoms with Crippen molar-refractivity contribution in [3.63, 3.8) is 0 Å². The lowest BCUT2D eigenvalue weighted by atomic mass is 10.2. The summed E-state index contributed by atoms with van der Waals surface area (Å²) < 4.78 is 1.05. The van der Waals surface area contributed by atoms with E-state index in [2.05, 4.69) is 63.8 Å². The largest absolute Gasteiger partial charge is 0.311 e. The highest BCUT2D eigenvalue weighted by Crippen LogP contribution is 2.24. The van der Waals surface area contributed by atoms with Crippen LogP contribution in [0.2, 0.25) is 5.02 Å². The summed E-state index contributed by atoms with van der Waals surface area (Å²) in [5.41, 5.74) is 1.22. The van der Waals surface area contributed by atoms with E-state index in [1.165, 1.54) is 10.4 Å². The van der Waals surface area contributed by atoms with Crippen LogP contribution in [0.4, 0.5) is 0 Å². The van der Waals surface area contributed by atoms with Gasteiger partial charge in [0.2, 0.25) is 0 Å². The molecular weight excluding hydrogens is 356 g/mol. The molecule has 0 aliphatic carbocycles. The summed E-state index contributed by atoms with van der Waals surface area (Å²) in [6.45, 7) is 1.75. The zero-order valence-corrected chi connectivity index (χ0v) is 14.7. The minimum absolute atomic E-state index is 0.404. The first-order valence-corrected chi connectivity index (χ1v) is 8.47. The maximum Gasteiger partial charge on any atom is 0.0561 e. The number of benzene rings is 1. The zero-order valence-electron chi connectivity index (χ0n) is 11.6. The fourth-order valence-corrected chi connectivity index (χ4v) is 3.77. The third-order valence-electron chi connectivity index (χ3n) is 3.16. The Labute approximate surface area is 137 Å². The molecule has 2 aromatic rings. The fraction of sp³-hybridized carbons (Fsp3) is 0.333. The van der Waals surface area contributed by atoms with E-state index in [0.29, 0.717) is 6.04 Å². The monoisotopic (exact) mass is 372 g/mol. The van der Waals surface area contributed by atoms with Gasteiger partial charge in [-0.1, -0.05) is 39.7 Å². The molecular formula is C15H18BrClN2S. The summed E-state index contributed by atoms with van der Waals surface area (Å²) in [6, 6.07) is 10.6. The first-order valence-electron chi connectivity index (χ1n) is 6.42. The van der Waals surface area contributed by atoms with Crippen molar-refractivity contribution >= 4 is 38.9 Å². The number of rotatable bonds is 6. The van der Waals surface area contributed by atoms with Crippen molar-refractivity contribution in [2.24, 2.45) is 0 Å². The summed E-state index contributed by atoms with van der Waals surface area (Å²) in [5, 5.41) is 6.41. The van der Waals surface area contributed by atoms with Crippen LogP contribution in [0.3, 0.4) is 0 Å². The van der Waals surface area contributed by atoms with Crippen LogP contribution in [0.15, 0.2) is 40.2 Å². The second-order valence-electron chi connectivity index (χ2n) is 4.86. The maximum absolute atomic E-state index is 5.95. The first-order chi connectivity index (χ1) is 9.58. The lowest BCUT2D eigenvalue weighted by Gasteiger charge is -2.23. The Bertz CT molecular complexity index is 543. The van der Waals surface area contributed by atoms with Crippen molar-refractivity contribution in [1.29, 1.82) is 0 Å². The smallest absolute Gasteiger partial charge is 0.0561 e. The van der Waals surface area contributed by atoms with Gasteiger partial charge >= 0.3 is 0 Å². The van der Waals surface area contributed by atoms with E-state index in [-0.39, 0.29) is 0 Å². The molecule has 1 N–H and O–H groups in total. The molecule has 0 spiro atoms. The van der Waals surface area contributed by atoms with E-state index in [1.807, 2.05) is 12.1 Å². The summed E-state index contributed by atoms with van der Waals surface area (Å²) in [5.74, 6) is 0. The number of nitrogens with one attached hydrogen (secondary N) is 1. The van der Waals surface area contributed by atoms with Crippen LogP contribution < -0.4 is 5.32 Å². The predicted octanol–water partition coefficient (Wildman–Crippen LogP) is 4.56. The highest BCUT2D eigenvalue weighted by Gasteiger charge is 2.14. The third-order valence-corrected chi connectivity index (χ3v) is 5.11. The van der Waals surface area contributed by atoms with Gasteiger partial charge in [0.25, 0.3) is 0 Å². The molecule has 2 rings (SSSR count). The van der Waals surface area contributed by atoms with Crippen molar-refractivity contribution in [2.45, 2.75) is 12.6 Å². The van der Waals surface area contributed by atoms with Crippen LogP contribution in [0.5, 0.6) is 0 Å². The molecule has 20 heavy (non-hydrogen) atoms. The van der Waals surface area contributed by atoms with Gasteiger partial charge in [0.1, 0.15) is 0 Å². The van der Waals surface area contributed by atoms with Gasteiger partial charge in [-0.2, -0.15) is 0 Å². The Morgan fingerprint density at radius 1 is 1.35 bits per heavy atom. The lowest BCUT2D eigenvalue weighted by molar-refractivity contribution is 0.292. The van der Waals surface area contributed by atoms with Gasteiger partial charge < -0.3 is 10.2 Å². The Morgan fingerprint density at radius 2 is 2.15 bits per heavy atom. The second-order valence-corrected chi connectivity index (χ2v) is 7.13. The Morgan fingerprint density at radius 3 is 2.75 bits per heavy atom. The summed E-state index contributed by atoms with van der Waals surface area (Å²) >= 11 is 11.3. The quantitative estimate of drug-likeness (QED) is 0.798. The topological polar surface area (TPSA) is 15.3 Å². The van der Waals surface area contributed by atoms with E-state index < -0.39 is 0 Å². The Balaban J connectivity index is 1.94. The molecule has 1 unspecified atom stereocenters. The standard InChI is InChI=1S/C15H18BrClN2S/c1-19(2)14(15-4-3-7-20-15)10-18-9-11-5-6-12(17)8-13(11)16/h3-8,14,18H,9-10H2,1-2H3. The first kappa shape index (κ1) is 16.0. The number of nitrogens with zero attached hydrogens (tertiary/aromatic N) is 1. The summed E-state index contributed by atoms with van der Waals surface area (Å²) in [4.78, 5) is 3.63. The molecule has 0 fully saturated rings. The van der Waals surface area contributed by atoms with E-state index in [4.69, 9.17) is 11.6 Å². The van der Waals surface area contributed by atoms with Crippen molar-refractivity contribution in [2.75, 3.05) is 20.6 Å². The number of halogens is 2. The van der Waals surface area contributed by atoms with Gasteiger partial charge in [-0.15, -0.1) is 11.3 Å². The number of likely N-dealkylation sites (N-methyl/N-ethyl adjacent to an activating group) is 1. The second kappa shape index (κ2) is 7.57. The Hall–Kier alpha value is -0.390. The Kier molecular flexibility index (Phi) is 6.05. The molecule has 1 aromatic carbocycles. The van der Waals surface area contributed by atoms with Gasteiger partial charge in [0.05, 0.1) is 6.04 Å². The van der Waals surface area contributed by atoms with Gasteiger partial charge in [-0.05, 0) is 43.2 Å². The minimum Gasteiger partial charge on any atom is -0.311 e. The summed E-state index contributed by atoms with van der Waals surface area (Å²) in [6.07, 6.45) is 0. The molecule has 0 aliphatic rings. The van der Waals surface area contributed by atoms with Gasteiger partial charge in [0, 0.05) is 27.5 Å². The van der Waals surface area contributed by atoms with Crippen LogP contribution in [0.1, 0.15) is 16.5 Å². The molecule has 0 saturated heterocycles. The zero-order chi connectivity index (χ0) is 14.5. The molecule has 108 valence electrons. The number of hydrogen-bond acceptors (Lipinski definition) is 3. The molecule has 5 heteroatoms. The van der Waals surface area contributed by atoms with Gasteiger partial charge in [0.15, 0.2) is 0 Å². The molecule has 0 bridgehead atoms. The van der Waals surface area contributed by atoms with Gasteiger partial charge in [-0.25, -0.2) is 0 Å². The normalized spacial score (nSPS) is 12.8. The molecule has 1 heterocycles. The van der Waals surface area contributed by atoms with E-state index >= 15 is 0 Å². The van der Waals surface area contributed by atoms with E-state index in [1.54, 1.807) is 11.3 Å². The highest BCUT2D eigenvalue weighted by molar-refractivity contribution is 9.10.